The monoisotopic (exact) mass is 630 g/mol. The molecule has 0 saturated carbocycles. The lowest BCUT2D eigenvalue weighted by molar-refractivity contribution is -0.140. The largest absolute Gasteiger partial charge is 0.399 e. The van der Waals surface area contributed by atoms with Crippen LogP contribution in [0, 0.1) is 5.41 Å². The van der Waals surface area contributed by atoms with Gasteiger partial charge in [0.2, 0.25) is 11.8 Å². The number of rotatable bonds is 8. The number of amides is 3. The molecule has 4 rings (SSSR count). The Labute approximate surface area is 241 Å². The average molecular weight is 631 g/mol. The van der Waals surface area contributed by atoms with E-state index < -0.39 is 54.0 Å². The molecule has 41 heavy (non-hydrogen) atoms. The number of halogens is 2. The quantitative estimate of drug-likeness (QED) is 0.234. The van der Waals surface area contributed by atoms with Crippen LogP contribution >= 0.6 is 30.3 Å². The van der Waals surface area contributed by atoms with Gasteiger partial charge < -0.3 is 30.4 Å². The zero-order valence-corrected chi connectivity index (χ0v) is 24.8. The van der Waals surface area contributed by atoms with E-state index in [0.29, 0.717) is 34.1 Å². The van der Waals surface area contributed by atoms with Crippen molar-refractivity contribution in [2.75, 3.05) is 11.9 Å². The van der Waals surface area contributed by atoms with Crippen LogP contribution in [0.25, 0.3) is 10.1 Å². The maximum absolute atomic E-state index is 14.2. The average Bonchev–Trinajstić information content (AvgIpc) is 3.64. The summed E-state index contributed by atoms with van der Waals surface area (Å²) in [5, 5.41) is 15.1. The molecule has 0 aliphatic carbocycles. The zero-order chi connectivity index (χ0) is 30.3. The van der Waals surface area contributed by atoms with Crippen LogP contribution in [-0.4, -0.2) is 61.1 Å². The molecule has 222 valence electrons. The maximum atomic E-state index is 14.2. The van der Waals surface area contributed by atoms with Crippen molar-refractivity contribution in [1.29, 1.82) is 0 Å². The van der Waals surface area contributed by atoms with Gasteiger partial charge in [-0.25, -0.2) is 4.98 Å². The third-order valence-corrected chi connectivity index (χ3v) is 9.62. The second kappa shape index (κ2) is 11.5. The number of benzene rings is 1. The van der Waals surface area contributed by atoms with E-state index in [-0.39, 0.29) is 16.9 Å². The van der Waals surface area contributed by atoms with Gasteiger partial charge in [-0.15, -0.1) is 11.3 Å². The topological polar surface area (TPSA) is 169 Å². The van der Waals surface area contributed by atoms with Crippen LogP contribution in [0.15, 0.2) is 30.5 Å². The van der Waals surface area contributed by atoms with Crippen molar-refractivity contribution in [3.63, 3.8) is 0 Å². The van der Waals surface area contributed by atoms with Gasteiger partial charge in [-0.2, -0.15) is 8.78 Å². The molecular weight excluding hydrogens is 601 g/mol. The molecule has 5 N–H and O–H groups in total. The number of likely N-dealkylation sites (tertiary alicyclic amines) is 1. The van der Waals surface area contributed by atoms with Gasteiger partial charge in [0.25, 0.3) is 5.91 Å². The van der Waals surface area contributed by atoms with Crippen molar-refractivity contribution < 1.29 is 42.6 Å². The minimum Gasteiger partial charge on any atom is -0.391 e. The molecule has 3 amide bonds. The fourth-order valence-corrected chi connectivity index (χ4v) is 6.55. The van der Waals surface area contributed by atoms with Gasteiger partial charge >= 0.3 is 13.3 Å². The SMILES string of the molecule is CC(C)(C)C(NC(=O)c1cc2cc(C(F)(F)P(=O)(O)O)ccc2s1)C(=O)N1CCCC1C(=O)Nc1ncc(CO)s1. The number of thiophene rings is 1. The van der Waals surface area contributed by atoms with E-state index in [1.165, 1.54) is 23.2 Å². The summed E-state index contributed by atoms with van der Waals surface area (Å²) in [7, 11) is -5.77. The number of nitrogens with zero attached hydrogens (tertiary/aromatic N) is 2. The number of thiazole rings is 1. The zero-order valence-electron chi connectivity index (χ0n) is 22.3. The van der Waals surface area contributed by atoms with Crippen LogP contribution in [0.5, 0.6) is 0 Å². The molecule has 2 unspecified atom stereocenters. The highest BCUT2D eigenvalue weighted by molar-refractivity contribution is 7.52. The molecule has 11 nitrogen and oxygen atoms in total. The predicted molar refractivity (Wildman–Crippen MR) is 150 cm³/mol. The highest BCUT2D eigenvalue weighted by Crippen LogP contribution is 2.59. The lowest BCUT2D eigenvalue weighted by Crippen LogP contribution is -2.57. The minimum atomic E-state index is -5.77. The molecule has 1 fully saturated rings. The number of hydrogen-bond acceptors (Lipinski definition) is 8. The molecule has 0 bridgehead atoms. The summed E-state index contributed by atoms with van der Waals surface area (Å²) in [4.78, 5) is 64.3. The minimum absolute atomic E-state index is 0.109. The molecule has 2 aromatic heterocycles. The number of hydrogen-bond donors (Lipinski definition) is 5. The van der Waals surface area contributed by atoms with Crippen LogP contribution in [0.4, 0.5) is 13.9 Å². The lowest BCUT2D eigenvalue weighted by atomic mass is 9.85. The number of anilines is 1. The Bertz CT molecular complexity index is 1530. The molecular formula is C25H29F2N4O7PS2. The first-order chi connectivity index (χ1) is 19.0. The van der Waals surface area contributed by atoms with E-state index in [1.807, 2.05) is 0 Å². The van der Waals surface area contributed by atoms with E-state index in [1.54, 1.807) is 20.8 Å². The highest BCUT2D eigenvalue weighted by atomic mass is 32.1. The molecule has 2 atom stereocenters. The van der Waals surface area contributed by atoms with Crippen molar-refractivity contribution in [2.24, 2.45) is 5.41 Å². The number of aliphatic hydroxyl groups excluding tert-OH is 1. The van der Waals surface area contributed by atoms with E-state index in [0.717, 1.165) is 34.8 Å². The van der Waals surface area contributed by atoms with E-state index in [4.69, 9.17) is 9.79 Å². The third-order valence-electron chi connectivity index (χ3n) is 6.62. The van der Waals surface area contributed by atoms with Gasteiger partial charge in [0.15, 0.2) is 5.13 Å². The summed E-state index contributed by atoms with van der Waals surface area (Å²) in [5.41, 5.74) is -6.04. The molecule has 3 aromatic rings. The number of aliphatic hydroxyl groups is 1. The van der Waals surface area contributed by atoms with Crippen LogP contribution in [0.1, 0.15) is 53.7 Å². The van der Waals surface area contributed by atoms with Gasteiger partial charge in [-0.1, -0.05) is 38.2 Å². The van der Waals surface area contributed by atoms with Crippen LogP contribution in [-0.2, 0) is 26.4 Å². The lowest BCUT2D eigenvalue weighted by Gasteiger charge is -2.35. The van der Waals surface area contributed by atoms with Crippen LogP contribution < -0.4 is 10.6 Å². The fraction of sp³-hybridized carbons (Fsp3) is 0.440. The summed E-state index contributed by atoms with van der Waals surface area (Å²) in [6.45, 7) is 5.37. The number of carbonyl (C=O) groups is 3. The van der Waals surface area contributed by atoms with Crippen molar-refractivity contribution in [2.45, 2.75) is 58.0 Å². The van der Waals surface area contributed by atoms with Crippen molar-refractivity contribution >= 4 is 63.2 Å². The Balaban J connectivity index is 1.53. The van der Waals surface area contributed by atoms with E-state index in [2.05, 4.69) is 15.6 Å². The first kappa shape index (κ1) is 31.1. The first-order valence-corrected chi connectivity index (χ1v) is 15.7. The normalized spacial score (nSPS) is 17.1. The van der Waals surface area contributed by atoms with E-state index in [9.17, 15) is 32.8 Å². The van der Waals surface area contributed by atoms with E-state index >= 15 is 0 Å². The smallest absolute Gasteiger partial charge is 0.391 e. The number of carbonyl (C=O) groups excluding carboxylic acids is 3. The highest BCUT2D eigenvalue weighted by Gasteiger charge is 2.50. The second-order valence-corrected chi connectivity index (χ2v) is 14.5. The van der Waals surface area contributed by atoms with Gasteiger partial charge in [0, 0.05) is 23.0 Å². The molecule has 1 aliphatic rings. The third kappa shape index (κ3) is 6.50. The van der Waals surface area contributed by atoms with Gasteiger partial charge in [0.05, 0.1) is 16.4 Å². The Morgan fingerprint density at radius 2 is 1.90 bits per heavy atom. The summed E-state index contributed by atoms with van der Waals surface area (Å²) in [6, 6.07) is 2.57. The summed E-state index contributed by atoms with van der Waals surface area (Å²) in [6.07, 6.45) is 2.44. The molecule has 1 aromatic carbocycles. The molecule has 16 heteroatoms. The van der Waals surface area contributed by atoms with Crippen molar-refractivity contribution in [3.8, 4) is 0 Å². The van der Waals surface area contributed by atoms with Crippen LogP contribution in [0.3, 0.4) is 0 Å². The number of aromatic nitrogens is 1. The number of alkyl halides is 2. The second-order valence-electron chi connectivity index (χ2n) is 10.7. The predicted octanol–water partition coefficient (Wildman–Crippen LogP) is 3.85. The molecule has 0 radical (unpaired) electrons. The van der Waals surface area contributed by atoms with Gasteiger partial charge in [-0.3, -0.25) is 18.9 Å². The number of nitrogens with one attached hydrogen (secondary N) is 2. The molecule has 0 spiro atoms. The van der Waals surface area contributed by atoms with Crippen molar-refractivity contribution in [3.05, 3.63) is 45.8 Å². The summed E-state index contributed by atoms with van der Waals surface area (Å²) >= 11 is 2.09. The van der Waals surface area contributed by atoms with Crippen LogP contribution in [0.2, 0.25) is 0 Å². The van der Waals surface area contributed by atoms with Gasteiger partial charge in [0.1, 0.15) is 12.1 Å². The molecule has 3 heterocycles. The Morgan fingerprint density at radius 3 is 2.51 bits per heavy atom. The number of fused-ring (bicyclic) bond motifs is 1. The van der Waals surface area contributed by atoms with Crippen molar-refractivity contribution in [1.82, 2.24) is 15.2 Å². The Morgan fingerprint density at radius 1 is 1.20 bits per heavy atom. The Kier molecular flexibility index (Phi) is 8.70. The summed E-state index contributed by atoms with van der Waals surface area (Å²) < 4.78 is 40.1. The first-order valence-electron chi connectivity index (χ1n) is 12.5. The summed E-state index contributed by atoms with van der Waals surface area (Å²) in [5.74, 6) is -1.52. The fourth-order valence-electron chi connectivity index (χ4n) is 4.46. The maximum Gasteiger partial charge on any atom is 0.399 e. The molecule has 1 aliphatic heterocycles. The standard InChI is InChI=1S/C25H29F2N4O7PS2/c1-24(2,3)19(22(35)31-8-4-5-16(31)20(33)30-23-28-11-15(12-32)40-23)29-21(34)18-10-13-9-14(6-7-17(13)41-18)25(26,27)39(36,37)38/h6-7,9-11,16,19,32H,4-5,8,12H2,1-3H3,(H,29,34)(H,28,30,33)(H2,36,37,38). The Hall–Kier alpha value is -2.81. The van der Waals surface area contributed by atoms with Gasteiger partial charge in [-0.05, 0) is 41.8 Å². The molecule has 1 saturated heterocycles.